The molecule has 0 bridgehead atoms. The monoisotopic (exact) mass is 192 g/mol. The zero-order valence-electron chi connectivity index (χ0n) is 8.44. The second-order valence-electron chi connectivity index (χ2n) is 3.39. The summed E-state index contributed by atoms with van der Waals surface area (Å²) in [5.41, 5.74) is 1.14. The molecule has 0 amide bonds. The van der Waals surface area contributed by atoms with Crippen molar-refractivity contribution in [3.63, 3.8) is 0 Å². The zero-order valence-corrected chi connectivity index (χ0v) is 8.44. The predicted octanol–water partition coefficient (Wildman–Crippen LogP) is 2.91. The Labute approximate surface area is 84.8 Å². The molecule has 1 aromatic carbocycles. The SMILES string of the molecule is C=C(O)[C@@H](C)COCc1ccccc1. The van der Waals surface area contributed by atoms with Crippen LogP contribution in [0.15, 0.2) is 42.7 Å². The topological polar surface area (TPSA) is 29.5 Å². The molecular formula is C12H16O2. The lowest BCUT2D eigenvalue weighted by Crippen LogP contribution is -2.07. The van der Waals surface area contributed by atoms with Crippen LogP contribution in [-0.4, -0.2) is 11.7 Å². The minimum absolute atomic E-state index is 0.00119. The Bertz CT molecular complexity index is 280. The number of aliphatic hydroxyl groups excluding tert-OH is 1. The third kappa shape index (κ3) is 3.62. The summed E-state index contributed by atoms with van der Waals surface area (Å²) >= 11 is 0. The fraction of sp³-hybridized carbons (Fsp3) is 0.333. The van der Waals surface area contributed by atoms with Crippen molar-refractivity contribution >= 4 is 0 Å². The molecule has 0 spiro atoms. The molecule has 1 rings (SSSR count). The summed E-state index contributed by atoms with van der Waals surface area (Å²) in [6.45, 7) is 6.42. The van der Waals surface area contributed by atoms with Gasteiger partial charge < -0.3 is 9.84 Å². The molecule has 0 aliphatic carbocycles. The van der Waals surface area contributed by atoms with Crippen molar-refractivity contribution in [2.45, 2.75) is 13.5 Å². The van der Waals surface area contributed by atoms with Crippen LogP contribution in [0.4, 0.5) is 0 Å². The number of rotatable bonds is 5. The Morgan fingerprint density at radius 1 is 1.43 bits per heavy atom. The Kier molecular flexibility index (Phi) is 4.20. The molecule has 0 heterocycles. The molecule has 0 radical (unpaired) electrons. The highest BCUT2D eigenvalue weighted by Gasteiger charge is 2.04. The number of ether oxygens (including phenoxy) is 1. The standard InChI is InChI=1S/C12H16O2/c1-10(11(2)13)8-14-9-12-6-4-3-5-7-12/h3-7,10,13H,2,8-9H2,1H3/t10-/m0/s1. The van der Waals surface area contributed by atoms with Gasteiger partial charge in [0.2, 0.25) is 0 Å². The van der Waals surface area contributed by atoms with Crippen LogP contribution in [0, 0.1) is 5.92 Å². The second kappa shape index (κ2) is 5.45. The number of hydrogen-bond donors (Lipinski definition) is 1. The molecule has 0 saturated carbocycles. The highest BCUT2D eigenvalue weighted by atomic mass is 16.5. The summed E-state index contributed by atoms with van der Waals surface area (Å²) in [5.74, 6) is 0.178. The van der Waals surface area contributed by atoms with Crippen molar-refractivity contribution in [1.29, 1.82) is 0 Å². The molecule has 2 heteroatoms. The van der Waals surface area contributed by atoms with Crippen molar-refractivity contribution < 1.29 is 9.84 Å². The molecule has 1 aromatic rings. The first kappa shape index (κ1) is 10.8. The normalized spacial score (nSPS) is 12.4. The number of benzene rings is 1. The van der Waals surface area contributed by atoms with E-state index in [1.165, 1.54) is 0 Å². The van der Waals surface area contributed by atoms with E-state index in [0.29, 0.717) is 13.2 Å². The fourth-order valence-corrected chi connectivity index (χ4v) is 1.02. The molecule has 0 saturated heterocycles. The molecule has 1 N–H and O–H groups in total. The van der Waals surface area contributed by atoms with Crippen molar-refractivity contribution in [2.24, 2.45) is 5.92 Å². The molecular weight excluding hydrogens is 176 g/mol. The largest absolute Gasteiger partial charge is 0.513 e. The summed E-state index contributed by atoms with van der Waals surface area (Å²) in [7, 11) is 0. The average Bonchev–Trinajstić information content (AvgIpc) is 2.19. The van der Waals surface area contributed by atoms with Crippen LogP contribution >= 0.6 is 0 Å². The van der Waals surface area contributed by atoms with Crippen LogP contribution in [0.3, 0.4) is 0 Å². The van der Waals surface area contributed by atoms with Crippen LogP contribution in [0.1, 0.15) is 12.5 Å². The van der Waals surface area contributed by atoms with E-state index in [2.05, 4.69) is 6.58 Å². The molecule has 14 heavy (non-hydrogen) atoms. The third-order valence-electron chi connectivity index (χ3n) is 2.05. The van der Waals surface area contributed by atoms with E-state index < -0.39 is 0 Å². The van der Waals surface area contributed by atoms with Gasteiger partial charge in [-0.25, -0.2) is 0 Å². The lowest BCUT2D eigenvalue weighted by molar-refractivity contribution is 0.0895. The lowest BCUT2D eigenvalue weighted by atomic mass is 10.2. The first-order valence-electron chi connectivity index (χ1n) is 4.69. The Morgan fingerprint density at radius 3 is 2.64 bits per heavy atom. The van der Waals surface area contributed by atoms with Gasteiger partial charge in [0.1, 0.15) is 0 Å². The van der Waals surface area contributed by atoms with E-state index in [1.54, 1.807) is 0 Å². The summed E-state index contributed by atoms with van der Waals surface area (Å²) in [6.07, 6.45) is 0. The van der Waals surface area contributed by atoms with Crippen molar-refractivity contribution in [2.75, 3.05) is 6.61 Å². The summed E-state index contributed by atoms with van der Waals surface area (Å²) < 4.78 is 5.42. The maximum absolute atomic E-state index is 9.04. The minimum atomic E-state index is -0.00119. The first-order chi connectivity index (χ1) is 6.70. The van der Waals surface area contributed by atoms with Gasteiger partial charge in [0.25, 0.3) is 0 Å². The molecule has 0 aliphatic rings. The maximum Gasteiger partial charge on any atom is 0.0902 e. The van der Waals surface area contributed by atoms with E-state index in [9.17, 15) is 0 Å². The molecule has 0 unspecified atom stereocenters. The van der Waals surface area contributed by atoms with Gasteiger partial charge in [-0.15, -0.1) is 0 Å². The Morgan fingerprint density at radius 2 is 2.07 bits per heavy atom. The summed E-state index contributed by atoms with van der Waals surface area (Å²) in [5, 5.41) is 9.04. The Hall–Kier alpha value is -1.28. The first-order valence-corrected chi connectivity index (χ1v) is 4.69. The maximum atomic E-state index is 9.04. The van der Waals surface area contributed by atoms with Gasteiger partial charge >= 0.3 is 0 Å². The third-order valence-corrected chi connectivity index (χ3v) is 2.05. The lowest BCUT2D eigenvalue weighted by Gasteiger charge is -2.10. The van der Waals surface area contributed by atoms with E-state index in [-0.39, 0.29) is 11.7 Å². The fourth-order valence-electron chi connectivity index (χ4n) is 1.02. The van der Waals surface area contributed by atoms with Gasteiger partial charge in [0.05, 0.1) is 19.0 Å². The van der Waals surface area contributed by atoms with Gasteiger partial charge in [-0.3, -0.25) is 0 Å². The molecule has 1 atom stereocenters. The smallest absolute Gasteiger partial charge is 0.0902 e. The predicted molar refractivity (Wildman–Crippen MR) is 57.0 cm³/mol. The van der Waals surface area contributed by atoms with Crippen LogP contribution in [0.2, 0.25) is 0 Å². The van der Waals surface area contributed by atoms with Crippen LogP contribution < -0.4 is 0 Å². The minimum Gasteiger partial charge on any atom is -0.513 e. The van der Waals surface area contributed by atoms with Gasteiger partial charge in [0.15, 0.2) is 0 Å². The molecule has 76 valence electrons. The highest BCUT2D eigenvalue weighted by molar-refractivity contribution is 5.13. The van der Waals surface area contributed by atoms with Gasteiger partial charge in [-0.05, 0) is 5.56 Å². The van der Waals surface area contributed by atoms with Crippen LogP contribution in [-0.2, 0) is 11.3 Å². The van der Waals surface area contributed by atoms with Crippen LogP contribution in [0.25, 0.3) is 0 Å². The highest BCUT2D eigenvalue weighted by Crippen LogP contribution is 2.07. The van der Waals surface area contributed by atoms with Gasteiger partial charge in [0, 0.05) is 5.92 Å². The van der Waals surface area contributed by atoms with Crippen molar-refractivity contribution in [3.05, 3.63) is 48.2 Å². The van der Waals surface area contributed by atoms with Crippen molar-refractivity contribution in [3.8, 4) is 0 Å². The quantitative estimate of drug-likeness (QED) is 0.727. The van der Waals surface area contributed by atoms with E-state index >= 15 is 0 Å². The van der Waals surface area contributed by atoms with E-state index in [1.807, 2.05) is 37.3 Å². The van der Waals surface area contributed by atoms with E-state index in [4.69, 9.17) is 9.84 Å². The summed E-state index contributed by atoms with van der Waals surface area (Å²) in [6, 6.07) is 9.96. The molecule has 0 aromatic heterocycles. The van der Waals surface area contributed by atoms with Crippen LogP contribution in [0.5, 0.6) is 0 Å². The number of aliphatic hydroxyl groups is 1. The average molecular weight is 192 g/mol. The zero-order chi connectivity index (χ0) is 10.4. The Balaban J connectivity index is 2.26. The summed E-state index contributed by atoms with van der Waals surface area (Å²) in [4.78, 5) is 0. The van der Waals surface area contributed by atoms with Gasteiger partial charge in [-0.1, -0.05) is 43.8 Å². The molecule has 2 nitrogen and oxygen atoms in total. The molecule has 0 aliphatic heterocycles. The number of hydrogen-bond acceptors (Lipinski definition) is 2. The molecule has 0 fully saturated rings. The van der Waals surface area contributed by atoms with Crippen molar-refractivity contribution in [1.82, 2.24) is 0 Å². The van der Waals surface area contributed by atoms with E-state index in [0.717, 1.165) is 5.56 Å². The van der Waals surface area contributed by atoms with Gasteiger partial charge in [-0.2, -0.15) is 0 Å². The second-order valence-corrected chi connectivity index (χ2v) is 3.39.